The Balaban J connectivity index is 1.86. The van der Waals surface area contributed by atoms with Crippen molar-refractivity contribution in [3.05, 3.63) is 52.9 Å². The number of carboxylic acids is 1. The molecule has 2 aromatic rings. The number of hydrogen-bond donors (Lipinski definition) is 2. The fraction of sp³-hybridized carbons (Fsp3) is 0.389. The number of rotatable bonds is 8. The summed E-state index contributed by atoms with van der Waals surface area (Å²) in [7, 11) is 0. The summed E-state index contributed by atoms with van der Waals surface area (Å²) in [6.45, 7) is 4.51. The van der Waals surface area contributed by atoms with E-state index in [0.717, 1.165) is 24.1 Å². The van der Waals surface area contributed by atoms with Crippen molar-refractivity contribution in [3.63, 3.8) is 0 Å². The number of nitrogens with zero attached hydrogens (tertiary/aromatic N) is 1. The third-order valence-corrected chi connectivity index (χ3v) is 4.01. The largest absolute Gasteiger partial charge is 0.478 e. The van der Waals surface area contributed by atoms with Crippen molar-refractivity contribution in [2.24, 2.45) is 0 Å². The SMILES string of the molecule is CCC(CC)c1cc(CNC(=O)Cc2ccc(C(=O)O)cc2)on1. The van der Waals surface area contributed by atoms with E-state index in [2.05, 4.69) is 24.3 Å². The first kappa shape index (κ1) is 17.7. The van der Waals surface area contributed by atoms with Gasteiger partial charge >= 0.3 is 5.97 Å². The molecule has 1 aromatic carbocycles. The number of aromatic nitrogens is 1. The average Bonchev–Trinajstić information content (AvgIpc) is 3.03. The second-order valence-corrected chi connectivity index (χ2v) is 5.69. The maximum atomic E-state index is 12.0. The summed E-state index contributed by atoms with van der Waals surface area (Å²) in [5, 5.41) is 15.7. The normalized spacial score (nSPS) is 10.8. The van der Waals surface area contributed by atoms with Gasteiger partial charge in [-0.25, -0.2) is 4.79 Å². The molecule has 0 aliphatic carbocycles. The molecule has 0 radical (unpaired) electrons. The highest BCUT2D eigenvalue weighted by atomic mass is 16.5. The lowest BCUT2D eigenvalue weighted by molar-refractivity contribution is -0.120. The Bertz CT molecular complexity index is 687. The standard InChI is InChI=1S/C18H22N2O4/c1-3-13(4-2)16-10-15(24-20-16)11-19-17(21)9-12-5-7-14(8-6-12)18(22)23/h5-8,10,13H,3-4,9,11H2,1-2H3,(H,19,21)(H,22,23). The summed E-state index contributed by atoms with van der Waals surface area (Å²) in [5.74, 6) is -0.124. The summed E-state index contributed by atoms with van der Waals surface area (Å²) in [6.07, 6.45) is 2.19. The van der Waals surface area contributed by atoms with Crippen LogP contribution in [0, 0.1) is 0 Å². The fourth-order valence-corrected chi connectivity index (χ4v) is 2.51. The van der Waals surface area contributed by atoms with E-state index in [0.29, 0.717) is 18.2 Å². The van der Waals surface area contributed by atoms with Gasteiger partial charge in [0.1, 0.15) is 0 Å². The van der Waals surface area contributed by atoms with Gasteiger partial charge in [0.15, 0.2) is 5.76 Å². The predicted octanol–water partition coefficient (Wildman–Crippen LogP) is 3.14. The van der Waals surface area contributed by atoms with E-state index in [4.69, 9.17) is 9.63 Å². The Morgan fingerprint density at radius 2 is 1.88 bits per heavy atom. The van der Waals surface area contributed by atoms with Gasteiger partial charge < -0.3 is 14.9 Å². The Hall–Kier alpha value is -2.63. The molecule has 2 rings (SSSR count). The minimum absolute atomic E-state index is 0.154. The van der Waals surface area contributed by atoms with E-state index in [1.165, 1.54) is 12.1 Å². The van der Waals surface area contributed by atoms with E-state index in [1.807, 2.05) is 6.07 Å². The molecule has 0 fully saturated rings. The summed E-state index contributed by atoms with van der Waals surface area (Å²) in [4.78, 5) is 22.8. The lowest BCUT2D eigenvalue weighted by atomic mass is 9.99. The summed E-state index contributed by atoms with van der Waals surface area (Å²) in [5.41, 5.74) is 1.89. The lowest BCUT2D eigenvalue weighted by Gasteiger charge is -2.06. The summed E-state index contributed by atoms with van der Waals surface area (Å²) >= 11 is 0. The number of hydrogen-bond acceptors (Lipinski definition) is 4. The number of carbonyl (C=O) groups is 2. The minimum Gasteiger partial charge on any atom is -0.478 e. The molecule has 0 spiro atoms. The third-order valence-electron chi connectivity index (χ3n) is 4.01. The molecule has 0 aliphatic heterocycles. The molecule has 1 heterocycles. The van der Waals surface area contributed by atoms with E-state index >= 15 is 0 Å². The highest BCUT2D eigenvalue weighted by Crippen LogP contribution is 2.22. The first-order valence-corrected chi connectivity index (χ1v) is 8.07. The Morgan fingerprint density at radius 1 is 1.21 bits per heavy atom. The summed E-state index contributed by atoms with van der Waals surface area (Å²) in [6, 6.07) is 8.15. The Kier molecular flexibility index (Phi) is 6.12. The molecular weight excluding hydrogens is 308 g/mol. The monoisotopic (exact) mass is 330 g/mol. The van der Waals surface area contributed by atoms with Crippen LogP contribution in [0.3, 0.4) is 0 Å². The van der Waals surface area contributed by atoms with E-state index in [9.17, 15) is 9.59 Å². The molecular formula is C18H22N2O4. The van der Waals surface area contributed by atoms with Crippen LogP contribution in [0.15, 0.2) is 34.9 Å². The van der Waals surface area contributed by atoms with Gasteiger partial charge in [0.25, 0.3) is 0 Å². The number of nitrogens with one attached hydrogen (secondary N) is 1. The minimum atomic E-state index is -0.982. The predicted molar refractivity (Wildman–Crippen MR) is 88.8 cm³/mol. The first-order chi connectivity index (χ1) is 11.5. The Labute approximate surface area is 140 Å². The van der Waals surface area contributed by atoms with Crippen LogP contribution in [0.2, 0.25) is 0 Å². The molecule has 0 saturated carbocycles. The van der Waals surface area contributed by atoms with Crippen LogP contribution in [0.4, 0.5) is 0 Å². The van der Waals surface area contributed by atoms with Crippen molar-refractivity contribution in [1.29, 1.82) is 0 Å². The van der Waals surface area contributed by atoms with E-state index in [1.54, 1.807) is 12.1 Å². The van der Waals surface area contributed by atoms with Crippen LogP contribution in [0.1, 0.15) is 60.0 Å². The molecule has 2 N–H and O–H groups in total. The number of carbonyl (C=O) groups excluding carboxylic acids is 1. The third kappa shape index (κ3) is 4.68. The number of amides is 1. The first-order valence-electron chi connectivity index (χ1n) is 8.07. The topological polar surface area (TPSA) is 92.4 Å². The van der Waals surface area contributed by atoms with Crippen molar-refractivity contribution in [1.82, 2.24) is 10.5 Å². The molecule has 1 amide bonds. The maximum Gasteiger partial charge on any atom is 0.335 e. The van der Waals surface area contributed by atoms with Gasteiger partial charge in [0, 0.05) is 12.0 Å². The van der Waals surface area contributed by atoms with Gasteiger partial charge in [-0.2, -0.15) is 0 Å². The highest BCUT2D eigenvalue weighted by Gasteiger charge is 2.13. The zero-order valence-electron chi connectivity index (χ0n) is 13.9. The fourth-order valence-electron chi connectivity index (χ4n) is 2.51. The summed E-state index contributed by atoms with van der Waals surface area (Å²) < 4.78 is 5.26. The van der Waals surface area contributed by atoms with Gasteiger partial charge in [0.05, 0.1) is 24.2 Å². The molecule has 0 saturated heterocycles. The highest BCUT2D eigenvalue weighted by molar-refractivity contribution is 5.87. The molecule has 6 nitrogen and oxygen atoms in total. The van der Waals surface area contributed by atoms with Gasteiger partial charge in [-0.3, -0.25) is 4.79 Å². The molecule has 0 atom stereocenters. The van der Waals surface area contributed by atoms with Gasteiger partial charge in [0.2, 0.25) is 5.91 Å². The zero-order chi connectivity index (χ0) is 17.5. The van der Waals surface area contributed by atoms with Gasteiger partial charge in [-0.1, -0.05) is 31.1 Å². The lowest BCUT2D eigenvalue weighted by Crippen LogP contribution is -2.24. The van der Waals surface area contributed by atoms with Gasteiger partial charge in [-0.05, 0) is 30.5 Å². The van der Waals surface area contributed by atoms with Crippen molar-refractivity contribution < 1.29 is 19.2 Å². The smallest absolute Gasteiger partial charge is 0.335 e. The van der Waals surface area contributed by atoms with E-state index in [-0.39, 0.29) is 17.9 Å². The average molecular weight is 330 g/mol. The van der Waals surface area contributed by atoms with Crippen molar-refractivity contribution in [2.45, 2.75) is 45.6 Å². The van der Waals surface area contributed by atoms with Crippen LogP contribution >= 0.6 is 0 Å². The van der Waals surface area contributed by atoms with Crippen molar-refractivity contribution in [2.75, 3.05) is 0 Å². The molecule has 0 bridgehead atoms. The molecule has 1 aromatic heterocycles. The van der Waals surface area contributed by atoms with Crippen LogP contribution in [0.25, 0.3) is 0 Å². The number of aromatic carboxylic acids is 1. The molecule has 128 valence electrons. The van der Waals surface area contributed by atoms with Crippen LogP contribution in [-0.2, 0) is 17.8 Å². The van der Waals surface area contributed by atoms with Crippen LogP contribution in [-0.4, -0.2) is 22.1 Å². The van der Waals surface area contributed by atoms with E-state index < -0.39 is 5.97 Å². The molecule has 0 aliphatic rings. The quantitative estimate of drug-likeness (QED) is 0.775. The zero-order valence-corrected chi connectivity index (χ0v) is 13.9. The number of benzene rings is 1. The Morgan fingerprint density at radius 3 is 2.46 bits per heavy atom. The van der Waals surface area contributed by atoms with Crippen LogP contribution < -0.4 is 5.32 Å². The second kappa shape index (κ2) is 8.29. The second-order valence-electron chi connectivity index (χ2n) is 5.69. The van der Waals surface area contributed by atoms with Gasteiger partial charge in [-0.15, -0.1) is 0 Å². The maximum absolute atomic E-state index is 12.0. The van der Waals surface area contributed by atoms with Crippen molar-refractivity contribution >= 4 is 11.9 Å². The molecule has 0 unspecified atom stereocenters. The van der Waals surface area contributed by atoms with Crippen molar-refractivity contribution in [3.8, 4) is 0 Å². The number of carboxylic acid groups (broad SMARTS) is 1. The van der Waals surface area contributed by atoms with Crippen LogP contribution in [0.5, 0.6) is 0 Å². The molecule has 24 heavy (non-hydrogen) atoms. The molecule has 6 heteroatoms.